The summed E-state index contributed by atoms with van der Waals surface area (Å²) in [5.74, 6) is -4.37. The van der Waals surface area contributed by atoms with Crippen molar-refractivity contribution in [1.29, 1.82) is 0 Å². The maximum absolute atomic E-state index is 12.7. The highest BCUT2D eigenvalue weighted by Gasteiger charge is 2.58. The van der Waals surface area contributed by atoms with Crippen LogP contribution in [0.3, 0.4) is 0 Å². The SMILES string of the molecule is C=C1C(=O)OC2C1C(OC(=O)C(C)(O)C(C)=O)CC(=C)[C@@H]1CC(OC3OC(CO)C(O)C(O)C3O)C(=C)[C@H]21. The van der Waals surface area contributed by atoms with E-state index in [9.17, 15) is 39.9 Å². The summed E-state index contributed by atoms with van der Waals surface area (Å²) in [5.41, 5.74) is -1.21. The first-order valence-electron chi connectivity index (χ1n) is 12.4. The molecule has 2 saturated carbocycles. The number of ketones is 1. The average molecular weight is 539 g/mol. The third kappa shape index (κ3) is 4.64. The lowest BCUT2D eigenvalue weighted by Crippen LogP contribution is -2.59. The number of hydrogen-bond donors (Lipinski definition) is 5. The van der Waals surface area contributed by atoms with Crippen LogP contribution >= 0.6 is 0 Å². The molecule has 0 aromatic rings. The van der Waals surface area contributed by atoms with Crippen LogP contribution in [-0.4, -0.2) is 104 Å². The molecule has 0 aromatic heterocycles. The Hall–Kier alpha value is -2.45. The van der Waals surface area contributed by atoms with Crippen LogP contribution in [-0.2, 0) is 33.3 Å². The number of fused-ring (bicyclic) bond motifs is 3. The first kappa shape index (κ1) is 28.6. The molecule has 12 nitrogen and oxygen atoms in total. The van der Waals surface area contributed by atoms with Crippen LogP contribution in [0, 0.1) is 17.8 Å². The van der Waals surface area contributed by atoms with Crippen LogP contribution in [0.5, 0.6) is 0 Å². The van der Waals surface area contributed by atoms with Crippen molar-refractivity contribution in [2.24, 2.45) is 17.8 Å². The molecule has 0 bridgehead atoms. The van der Waals surface area contributed by atoms with Gasteiger partial charge >= 0.3 is 11.9 Å². The van der Waals surface area contributed by atoms with Gasteiger partial charge in [-0.1, -0.05) is 25.3 Å². The zero-order valence-electron chi connectivity index (χ0n) is 21.2. The van der Waals surface area contributed by atoms with Crippen molar-refractivity contribution in [1.82, 2.24) is 0 Å². The fraction of sp³-hybridized carbons (Fsp3) is 0.654. The fourth-order valence-corrected chi connectivity index (χ4v) is 5.73. The van der Waals surface area contributed by atoms with Gasteiger partial charge in [0, 0.05) is 17.9 Å². The summed E-state index contributed by atoms with van der Waals surface area (Å²) >= 11 is 0. The summed E-state index contributed by atoms with van der Waals surface area (Å²) in [5, 5.41) is 50.3. The smallest absolute Gasteiger partial charge is 0.345 e. The van der Waals surface area contributed by atoms with Gasteiger partial charge in [0.2, 0.25) is 5.60 Å². The third-order valence-corrected chi connectivity index (χ3v) is 8.24. The lowest BCUT2D eigenvalue weighted by Gasteiger charge is -2.40. The van der Waals surface area contributed by atoms with Crippen molar-refractivity contribution in [2.45, 2.75) is 81.3 Å². The number of carbonyl (C=O) groups excluding carboxylic acids is 3. The molecule has 12 heteroatoms. The summed E-state index contributed by atoms with van der Waals surface area (Å²) in [6, 6.07) is 0. The molecule has 38 heavy (non-hydrogen) atoms. The predicted octanol–water partition coefficient (Wildman–Crippen LogP) is -1.33. The number of Topliss-reactive ketones (excluding diaryl/α,β-unsaturated/α-hetero) is 1. The Kier molecular flexibility index (Phi) is 7.71. The highest BCUT2D eigenvalue weighted by Crippen LogP contribution is 2.53. The van der Waals surface area contributed by atoms with E-state index in [2.05, 4.69) is 19.7 Å². The van der Waals surface area contributed by atoms with Gasteiger partial charge in [-0.15, -0.1) is 0 Å². The second-order valence-electron chi connectivity index (χ2n) is 10.6. The normalized spacial score (nSPS) is 42.6. The highest BCUT2D eigenvalue weighted by molar-refractivity contribution is 6.05. The van der Waals surface area contributed by atoms with Crippen molar-refractivity contribution in [2.75, 3.05) is 6.61 Å². The lowest BCUT2D eigenvalue weighted by molar-refractivity contribution is -0.308. The van der Waals surface area contributed by atoms with E-state index in [4.69, 9.17) is 18.9 Å². The van der Waals surface area contributed by atoms with Gasteiger partial charge in [0.25, 0.3) is 0 Å². The topological polar surface area (TPSA) is 189 Å². The fourth-order valence-electron chi connectivity index (χ4n) is 5.73. The molecule has 0 spiro atoms. The Labute approximate surface area is 219 Å². The molecular weight excluding hydrogens is 504 g/mol. The van der Waals surface area contributed by atoms with Crippen molar-refractivity contribution >= 4 is 17.7 Å². The molecule has 2 aliphatic heterocycles. The first-order chi connectivity index (χ1) is 17.7. The van der Waals surface area contributed by atoms with E-state index in [0.717, 1.165) is 13.8 Å². The van der Waals surface area contributed by atoms with Crippen molar-refractivity contribution < 1.29 is 58.9 Å². The minimum Gasteiger partial charge on any atom is -0.459 e. The number of carbonyl (C=O) groups is 3. The standard InChI is InChI=1S/C26H34O12/c1-9-6-15(37-25(33)26(5,34)12(4)28)18-11(3)23(32)38-22(18)17-10(2)14(7-13(9)17)35-24-21(31)20(30)19(29)16(8-27)36-24/h13-22,24,27,29-31,34H,1-3,6-8H2,4-5H3/t13-,14?,15?,16?,17-,18?,19?,20?,21?,22?,24?,26?/m0/s1. The Morgan fingerprint density at radius 2 is 1.76 bits per heavy atom. The molecule has 10 unspecified atom stereocenters. The Morgan fingerprint density at radius 3 is 2.37 bits per heavy atom. The van der Waals surface area contributed by atoms with Gasteiger partial charge in [0.05, 0.1) is 18.6 Å². The highest BCUT2D eigenvalue weighted by atomic mass is 16.7. The summed E-state index contributed by atoms with van der Waals surface area (Å²) in [7, 11) is 0. The van der Waals surface area contributed by atoms with E-state index in [-0.39, 0.29) is 24.3 Å². The second-order valence-corrected chi connectivity index (χ2v) is 10.6. The van der Waals surface area contributed by atoms with Crippen molar-refractivity contribution in [3.63, 3.8) is 0 Å². The summed E-state index contributed by atoms with van der Waals surface area (Å²) in [4.78, 5) is 37.0. The molecule has 4 fully saturated rings. The average Bonchev–Trinajstić information content (AvgIpc) is 3.29. The maximum Gasteiger partial charge on any atom is 0.345 e. The molecule has 0 radical (unpaired) electrons. The van der Waals surface area contributed by atoms with Gasteiger partial charge in [0.1, 0.15) is 36.6 Å². The monoisotopic (exact) mass is 538 g/mol. The van der Waals surface area contributed by atoms with Gasteiger partial charge in [-0.3, -0.25) is 4.79 Å². The largest absolute Gasteiger partial charge is 0.459 e. The number of rotatable bonds is 6. The zero-order chi connectivity index (χ0) is 28.3. The number of hydrogen-bond acceptors (Lipinski definition) is 12. The van der Waals surface area contributed by atoms with E-state index >= 15 is 0 Å². The molecule has 2 saturated heterocycles. The quantitative estimate of drug-likeness (QED) is 0.116. The molecular formula is C26H34O12. The van der Waals surface area contributed by atoms with Crippen LogP contribution < -0.4 is 0 Å². The van der Waals surface area contributed by atoms with Crippen LogP contribution in [0.2, 0.25) is 0 Å². The van der Waals surface area contributed by atoms with Gasteiger partial charge < -0.3 is 44.5 Å². The van der Waals surface area contributed by atoms with Gasteiger partial charge in [-0.05, 0) is 31.8 Å². The summed E-state index contributed by atoms with van der Waals surface area (Å²) in [6.07, 6.45) is -9.55. The summed E-state index contributed by atoms with van der Waals surface area (Å²) < 4.78 is 22.6. The van der Waals surface area contributed by atoms with Gasteiger partial charge in [-0.25, -0.2) is 9.59 Å². The van der Waals surface area contributed by atoms with Crippen LogP contribution in [0.1, 0.15) is 26.7 Å². The maximum atomic E-state index is 12.7. The molecule has 2 heterocycles. The second kappa shape index (κ2) is 10.3. The first-order valence-corrected chi connectivity index (χ1v) is 12.4. The number of aliphatic hydroxyl groups excluding tert-OH is 4. The Morgan fingerprint density at radius 1 is 1.11 bits per heavy atom. The van der Waals surface area contributed by atoms with Gasteiger partial charge in [0.15, 0.2) is 12.1 Å². The van der Waals surface area contributed by atoms with Gasteiger partial charge in [-0.2, -0.15) is 0 Å². The summed E-state index contributed by atoms with van der Waals surface area (Å²) in [6.45, 7) is 13.6. The van der Waals surface area contributed by atoms with E-state index < -0.39 is 90.8 Å². The molecule has 5 N–H and O–H groups in total. The molecule has 4 rings (SSSR count). The minimum absolute atomic E-state index is 0.0646. The van der Waals surface area contributed by atoms with E-state index in [1.807, 2.05) is 0 Å². The molecule has 12 atom stereocenters. The van der Waals surface area contributed by atoms with Crippen LogP contribution in [0.25, 0.3) is 0 Å². The van der Waals surface area contributed by atoms with E-state index in [0.29, 0.717) is 11.1 Å². The Bertz CT molecular complexity index is 1050. The molecule has 210 valence electrons. The van der Waals surface area contributed by atoms with E-state index in [1.165, 1.54) is 0 Å². The third-order valence-electron chi connectivity index (χ3n) is 8.24. The van der Waals surface area contributed by atoms with Crippen LogP contribution in [0.15, 0.2) is 36.5 Å². The van der Waals surface area contributed by atoms with Crippen molar-refractivity contribution in [3.8, 4) is 0 Å². The zero-order valence-corrected chi connectivity index (χ0v) is 21.2. The lowest BCUT2D eigenvalue weighted by atomic mass is 9.81. The van der Waals surface area contributed by atoms with Crippen molar-refractivity contribution in [3.05, 3.63) is 36.5 Å². The number of ether oxygens (including phenoxy) is 4. The molecule has 2 aliphatic carbocycles. The minimum atomic E-state index is -2.38. The molecule has 4 aliphatic rings. The predicted molar refractivity (Wildman–Crippen MR) is 127 cm³/mol. The Balaban J connectivity index is 1.58. The van der Waals surface area contributed by atoms with E-state index in [1.54, 1.807) is 0 Å². The molecule has 0 amide bonds. The molecule has 0 aromatic carbocycles. The van der Waals surface area contributed by atoms with Crippen LogP contribution in [0.4, 0.5) is 0 Å². The number of aliphatic hydroxyl groups is 5. The number of esters is 2.